The summed E-state index contributed by atoms with van der Waals surface area (Å²) in [6.45, 7) is 4.72. The minimum Gasteiger partial charge on any atom is -0.309 e. The van der Waals surface area contributed by atoms with Crippen molar-refractivity contribution >= 4 is 21.8 Å². The van der Waals surface area contributed by atoms with Crippen molar-refractivity contribution in [3.05, 3.63) is 260 Å². The molecule has 12 aromatic rings. The van der Waals surface area contributed by atoms with Crippen molar-refractivity contribution in [2.75, 3.05) is 0 Å². The van der Waals surface area contributed by atoms with Crippen molar-refractivity contribution in [2.24, 2.45) is 0 Å². The largest absolute Gasteiger partial charge is 0.309 e. The molecule has 2 heterocycles. The number of rotatable bonds is 8. The molecule has 10 aromatic carbocycles. The van der Waals surface area contributed by atoms with Gasteiger partial charge in [0.2, 0.25) is 0 Å². The summed E-state index contributed by atoms with van der Waals surface area (Å²) in [5.74, 6) is 0.661. The molecule has 0 amide bonds. The lowest BCUT2D eigenvalue weighted by atomic mass is 9.82. The van der Waals surface area contributed by atoms with Gasteiger partial charge < -0.3 is 4.57 Å². The molecule has 0 radical (unpaired) electrons. The monoisotopic (exact) mass is 893 g/mol. The van der Waals surface area contributed by atoms with Gasteiger partial charge in [0.05, 0.1) is 22.4 Å². The van der Waals surface area contributed by atoms with Gasteiger partial charge in [0, 0.05) is 38.6 Å². The molecular weight excluding hydrogens is 847 g/mol. The molecule has 0 fully saturated rings. The molecule has 0 saturated heterocycles. The van der Waals surface area contributed by atoms with Crippen molar-refractivity contribution in [3.8, 4) is 95.2 Å². The molecule has 0 atom stereocenters. The van der Waals surface area contributed by atoms with E-state index in [-0.39, 0.29) is 5.41 Å². The second kappa shape index (κ2) is 16.7. The normalized spacial score (nSPS) is 12.5. The van der Waals surface area contributed by atoms with E-state index in [1.165, 1.54) is 44.1 Å². The van der Waals surface area contributed by atoms with Gasteiger partial charge in [-0.3, -0.25) is 0 Å². The van der Waals surface area contributed by atoms with Crippen molar-refractivity contribution in [1.29, 1.82) is 0 Å². The Kier molecular flexibility index (Phi) is 9.85. The Morgan fingerprint density at radius 3 is 1.36 bits per heavy atom. The summed E-state index contributed by atoms with van der Waals surface area (Å²) >= 11 is 0. The predicted octanol–water partition coefficient (Wildman–Crippen LogP) is 17.5. The standard InChI is InChI=1S/C67H47N3/c1-67(2)60-32-17-15-30-56(60)58-41-59-57-31-16-18-33-64(57)70(65(59)42-61(58)67)55-29-19-28-48(40-55)62-43-63(53-36-49(44-20-7-3-8-21-44)34-50(37-53)45-22-9-4-10-23-45)69-66(68-62)54-38-51(46-24-11-5-12-25-46)35-52(39-54)47-26-13-6-14-27-47/h3-43H,1-2H3. The van der Waals surface area contributed by atoms with E-state index in [0.717, 1.165) is 78.3 Å². The summed E-state index contributed by atoms with van der Waals surface area (Å²) in [6, 6.07) is 89.8. The fraction of sp³-hybridized carbons (Fsp3) is 0.0448. The second-order valence-electron chi connectivity index (χ2n) is 19.0. The highest BCUT2D eigenvalue weighted by Gasteiger charge is 2.36. The van der Waals surface area contributed by atoms with Gasteiger partial charge in [-0.25, -0.2) is 9.97 Å². The molecule has 3 heteroatoms. The zero-order chi connectivity index (χ0) is 46.8. The Hall–Kier alpha value is -8.92. The summed E-state index contributed by atoms with van der Waals surface area (Å²) in [5.41, 5.74) is 22.4. The van der Waals surface area contributed by atoms with Crippen LogP contribution in [0, 0.1) is 0 Å². The maximum atomic E-state index is 5.55. The topological polar surface area (TPSA) is 30.7 Å². The summed E-state index contributed by atoms with van der Waals surface area (Å²) in [7, 11) is 0. The minimum absolute atomic E-state index is 0.132. The van der Waals surface area contributed by atoms with E-state index in [4.69, 9.17) is 9.97 Å². The van der Waals surface area contributed by atoms with E-state index >= 15 is 0 Å². The van der Waals surface area contributed by atoms with Crippen LogP contribution in [0.3, 0.4) is 0 Å². The molecule has 0 saturated carbocycles. The van der Waals surface area contributed by atoms with Gasteiger partial charge >= 0.3 is 0 Å². The highest BCUT2D eigenvalue weighted by atomic mass is 15.0. The SMILES string of the molecule is CC1(C)c2ccccc2-c2cc3c4ccccc4n(-c4cccc(-c5cc(-c6cc(-c7ccccc7)cc(-c7ccccc7)c6)nc(-c6cc(-c7ccccc7)cc(-c7ccccc7)c6)n5)c4)c3cc21. The van der Waals surface area contributed by atoms with Crippen molar-refractivity contribution in [2.45, 2.75) is 19.3 Å². The average molecular weight is 894 g/mol. The van der Waals surface area contributed by atoms with Gasteiger partial charge in [-0.2, -0.15) is 0 Å². The van der Waals surface area contributed by atoms with Crippen molar-refractivity contribution in [1.82, 2.24) is 14.5 Å². The van der Waals surface area contributed by atoms with E-state index in [1.54, 1.807) is 0 Å². The third-order valence-corrected chi connectivity index (χ3v) is 14.4. The van der Waals surface area contributed by atoms with Crippen LogP contribution in [0.1, 0.15) is 25.0 Å². The molecule has 70 heavy (non-hydrogen) atoms. The summed E-state index contributed by atoms with van der Waals surface area (Å²) < 4.78 is 2.45. The summed E-state index contributed by atoms with van der Waals surface area (Å²) in [4.78, 5) is 11.1. The first-order valence-corrected chi connectivity index (χ1v) is 24.1. The van der Waals surface area contributed by atoms with Crippen LogP contribution < -0.4 is 0 Å². The fourth-order valence-corrected chi connectivity index (χ4v) is 10.8. The van der Waals surface area contributed by atoms with Crippen LogP contribution in [0.2, 0.25) is 0 Å². The molecule has 0 N–H and O–H groups in total. The fourth-order valence-electron chi connectivity index (χ4n) is 10.8. The van der Waals surface area contributed by atoms with E-state index in [2.05, 4.69) is 267 Å². The Morgan fingerprint density at radius 2 is 0.771 bits per heavy atom. The van der Waals surface area contributed by atoms with Gasteiger partial charge in [-0.15, -0.1) is 0 Å². The first kappa shape index (κ1) is 41.3. The molecule has 2 aromatic heterocycles. The van der Waals surface area contributed by atoms with Gasteiger partial charge in [0.1, 0.15) is 0 Å². The molecule has 13 rings (SSSR count). The predicted molar refractivity (Wildman–Crippen MR) is 292 cm³/mol. The lowest BCUT2D eigenvalue weighted by Crippen LogP contribution is -2.14. The first-order chi connectivity index (χ1) is 34.4. The third kappa shape index (κ3) is 7.14. The average Bonchev–Trinajstić information content (AvgIpc) is 3.88. The van der Waals surface area contributed by atoms with Crippen LogP contribution in [-0.4, -0.2) is 14.5 Å². The zero-order valence-corrected chi connectivity index (χ0v) is 39.0. The number of hydrogen-bond donors (Lipinski definition) is 0. The molecule has 1 aliphatic carbocycles. The number of aromatic nitrogens is 3. The second-order valence-corrected chi connectivity index (χ2v) is 19.0. The van der Waals surface area contributed by atoms with E-state index in [9.17, 15) is 0 Å². The molecule has 0 aliphatic heterocycles. The number of para-hydroxylation sites is 1. The lowest BCUT2D eigenvalue weighted by molar-refractivity contribution is 0.661. The molecular formula is C67H47N3. The van der Waals surface area contributed by atoms with Gasteiger partial charge in [-0.05, 0) is 140 Å². The zero-order valence-electron chi connectivity index (χ0n) is 39.0. The quantitative estimate of drug-likeness (QED) is 0.152. The van der Waals surface area contributed by atoms with E-state index in [1.807, 2.05) is 0 Å². The van der Waals surface area contributed by atoms with Gasteiger partial charge in [0.25, 0.3) is 0 Å². The molecule has 330 valence electrons. The smallest absolute Gasteiger partial charge is 0.160 e. The third-order valence-electron chi connectivity index (χ3n) is 14.4. The number of benzene rings is 10. The Labute approximate surface area is 408 Å². The van der Waals surface area contributed by atoms with Crippen molar-refractivity contribution < 1.29 is 0 Å². The Morgan fingerprint density at radius 1 is 0.300 bits per heavy atom. The number of hydrogen-bond acceptors (Lipinski definition) is 2. The summed E-state index contributed by atoms with van der Waals surface area (Å²) in [5, 5.41) is 2.48. The Balaban J connectivity index is 1.04. The molecule has 0 spiro atoms. The van der Waals surface area contributed by atoms with Crippen LogP contribution in [0.4, 0.5) is 0 Å². The van der Waals surface area contributed by atoms with Crippen LogP contribution in [0.15, 0.2) is 249 Å². The number of fused-ring (bicyclic) bond motifs is 6. The molecule has 3 nitrogen and oxygen atoms in total. The molecule has 0 unspecified atom stereocenters. The first-order valence-electron chi connectivity index (χ1n) is 24.1. The minimum atomic E-state index is -0.132. The highest BCUT2D eigenvalue weighted by Crippen LogP contribution is 2.51. The van der Waals surface area contributed by atoms with E-state index < -0.39 is 0 Å². The van der Waals surface area contributed by atoms with Crippen LogP contribution >= 0.6 is 0 Å². The molecule has 1 aliphatic rings. The van der Waals surface area contributed by atoms with Crippen LogP contribution in [0.5, 0.6) is 0 Å². The number of nitrogens with zero attached hydrogens (tertiary/aromatic N) is 3. The lowest BCUT2D eigenvalue weighted by Gasteiger charge is -2.21. The van der Waals surface area contributed by atoms with Crippen molar-refractivity contribution in [3.63, 3.8) is 0 Å². The Bertz CT molecular complexity index is 3680. The maximum absolute atomic E-state index is 5.55. The molecule has 0 bridgehead atoms. The van der Waals surface area contributed by atoms with E-state index in [0.29, 0.717) is 5.82 Å². The summed E-state index contributed by atoms with van der Waals surface area (Å²) in [6.07, 6.45) is 0. The van der Waals surface area contributed by atoms with Crippen LogP contribution in [0.25, 0.3) is 117 Å². The van der Waals surface area contributed by atoms with Crippen LogP contribution in [-0.2, 0) is 5.41 Å². The maximum Gasteiger partial charge on any atom is 0.160 e. The van der Waals surface area contributed by atoms with Gasteiger partial charge in [-0.1, -0.05) is 190 Å². The highest BCUT2D eigenvalue weighted by molar-refractivity contribution is 6.11. The van der Waals surface area contributed by atoms with Gasteiger partial charge in [0.15, 0.2) is 5.82 Å².